The first kappa shape index (κ1) is 20.7. The van der Waals surface area contributed by atoms with Crippen LogP contribution in [0.1, 0.15) is 31.9 Å². The maximum atomic E-state index is 12.5. The molecule has 0 aliphatic heterocycles. The lowest BCUT2D eigenvalue weighted by Crippen LogP contribution is -2.82. The molecule has 2 aromatic carbocycles. The third-order valence-corrected chi connectivity index (χ3v) is 3.89. The Labute approximate surface area is 162 Å². The van der Waals surface area contributed by atoms with Crippen LogP contribution in [-0.2, 0) is 17.8 Å². The van der Waals surface area contributed by atoms with Gasteiger partial charge in [0, 0.05) is 18.7 Å². The molecule has 2 N–H and O–H groups in total. The highest BCUT2D eigenvalue weighted by Gasteiger charge is 2.21. The zero-order chi connectivity index (χ0) is 19.5. The Bertz CT molecular complexity index is 706. The summed E-state index contributed by atoms with van der Waals surface area (Å²) in [5.41, 5.74) is 1.90. The van der Waals surface area contributed by atoms with Crippen molar-refractivity contribution in [3.05, 3.63) is 83.9 Å². The van der Waals surface area contributed by atoms with Crippen LogP contribution >= 0.6 is 0 Å². The first-order chi connectivity index (χ1) is 12.9. The van der Waals surface area contributed by atoms with E-state index in [0.717, 1.165) is 18.7 Å². The van der Waals surface area contributed by atoms with Crippen molar-refractivity contribution in [2.75, 3.05) is 13.1 Å². The Balaban J connectivity index is 1.85. The largest absolute Gasteiger partial charge is 0.444 e. The van der Waals surface area contributed by atoms with E-state index in [2.05, 4.69) is 35.7 Å². The number of hydrogen-bond donors (Lipinski definition) is 1. The number of nitrogens with two attached hydrogens (primary N) is 1. The fraction of sp³-hybridized carbons (Fsp3) is 0.348. The molecular weight excluding hydrogens is 336 g/mol. The minimum absolute atomic E-state index is 0.288. The van der Waals surface area contributed by atoms with E-state index in [1.54, 1.807) is 4.90 Å². The zero-order valence-electron chi connectivity index (χ0n) is 16.6. The molecule has 27 heavy (non-hydrogen) atoms. The van der Waals surface area contributed by atoms with Crippen molar-refractivity contribution in [1.29, 1.82) is 0 Å². The fourth-order valence-electron chi connectivity index (χ4n) is 2.59. The highest BCUT2D eigenvalue weighted by molar-refractivity contribution is 5.68. The van der Waals surface area contributed by atoms with Crippen LogP contribution in [0, 0.1) is 0 Å². The van der Waals surface area contributed by atoms with Gasteiger partial charge in [0.25, 0.3) is 0 Å². The smallest absolute Gasteiger partial charge is 0.410 e. The van der Waals surface area contributed by atoms with E-state index in [1.807, 2.05) is 63.2 Å². The highest BCUT2D eigenvalue weighted by atomic mass is 16.6. The van der Waals surface area contributed by atoms with Gasteiger partial charge in [0.1, 0.15) is 12.1 Å². The van der Waals surface area contributed by atoms with Crippen LogP contribution < -0.4 is 5.32 Å². The molecule has 4 nitrogen and oxygen atoms in total. The molecule has 2 rings (SSSR count). The van der Waals surface area contributed by atoms with Crippen molar-refractivity contribution in [2.45, 2.75) is 39.5 Å². The highest BCUT2D eigenvalue weighted by Crippen LogP contribution is 2.12. The average Bonchev–Trinajstić information content (AvgIpc) is 2.64. The second-order valence-corrected chi connectivity index (χ2v) is 7.53. The van der Waals surface area contributed by atoms with E-state index < -0.39 is 5.60 Å². The summed E-state index contributed by atoms with van der Waals surface area (Å²) in [7, 11) is 0. The molecule has 0 radical (unpaired) electrons. The Morgan fingerprint density at radius 2 is 1.56 bits per heavy atom. The number of carbonyl (C=O) groups is 1. The zero-order valence-corrected chi connectivity index (χ0v) is 16.6. The summed E-state index contributed by atoms with van der Waals surface area (Å²) >= 11 is 0. The molecule has 0 aliphatic carbocycles. The number of ether oxygens (including phenoxy) is 1. The first-order valence-electron chi connectivity index (χ1n) is 9.46. The molecule has 0 spiro atoms. The second kappa shape index (κ2) is 10.5. The van der Waals surface area contributed by atoms with Crippen LogP contribution in [-0.4, -0.2) is 29.7 Å². The molecule has 0 aromatic heterocycles. The molecule has 4 heteroatoms. The summed E-state index contributed by atoms with van der Waals surface area (Å²) in [4.78, 5) is 14.3. The topological polar surface area (TPSA) is 46.1 Å². The van der Waals surface area contributed by atoms with Gasteiger partial charge < -0.3 is 15.0 Å². The van der Waals surface area contributed by atoms with Gasteiger partial charge in [-0.15, -0.1) is 0 Å². The van der Waals surface area contributed by atoms with Gasteiger partial charge >= 0.3 is 6.09 Å². The molecule has 0 saturated carbocycles. The number of nitrogens with zero attached hydrogens (tertiary/aromatic N) is 1. The average molecular weight is 368 g/mol. The summed E-state index contributed by atoms with van der Waals surface area (Å²) in [6.07, 6.45) is 3.85. The van der Waals surface area contributed by atoms with Crippen molar-refractivity contribution in [3.63, 3.8) is 0 Å². The first-order valence-corrected chi connectivity index (χ1v) is 9.46. The van der Waals surface area contributed by atoms with Gasteiger partial charge in [-0.25, -0.2) is 4.79 Å². The molecule has 0 unspecified atom stereocenters. The maximum absolute atomic E-state index is 12.5. The molecule has 144 valence electrons. The molecule has 0 bridgehead atoms. The van der Waals surface area contributed by atoms with Crippen molar-refractivity contribution in [1.82, 2.24) is 4.90 Å². The number of amides is 1. The van der Waals surface area contributed by atoms with E-state index in [1.165, 1.54) is 5.56 Å². The lowest BCUT2D eigenvalue weighted by molar-refractivity contribution is -0.662. The number of quaternary nitrogens is 1. The van der Waals surface area contributed by atoms with Crippen molar-refractivity contribution in [2.24, 2.45) is 0 Å². The van der Waals surface area contributed by atoms with E-state index in [0.29, 0.717) is 13.1 Å². The van der Waals surface area contributed by atoms with Crippen LogP contribution in [0.4, 0.5) is 4.79 Å². The van der Waals surface area contributed by atoms with Gasteiger partial charge in [-0.05, 0) is 32.4 Å². The lowest BCUT2D eigenvalue weighted by atomic mass is 10.2. The Morgan fingerprint density at radius 3 is 2.15 bits per heavy atom. The molecular formula is C23H31N2O2+. The van der Waals surface area contributed by atoms with Crippen LogP contribution in [0.15, 0.2) is 72.8 Å². The summed E-state index contributed by atoms with van der Waals surface area (Å²) < 4.78 is 5.55. The second-order valence-electron chi connectivity index (χ2n) is 7.53. The molecule has 0 heterocycles. The molecule has 2 aromatic rings. The predicted molar refractivity (Wildman–Crippen MR) is 109 cm³/mol. The lowest BCUT2D eigenvalue weighted by Gasteiger charge is -2.26. The van der Waals surface area contributed by atoms with E-state index >= 15 is 0 Å². The number of hydrogen-bond acceptors (Lipinski definition) is 2. The SMILES string of the molecule is CC(C)(C)OC(=O)N(CC=CC[NH2+]Cc1ccccc1)Cc1ccccc1. The molecule has 0 atom stereocenters. The minimum Gasteiger partial charge on any atom is -0.444 e. The summed E-state index contributed by atoms with van der Waals surface area (Å²) in [5, 5.41) is 2.24. The molecule has 0 saturated heterocycles. The fourth-order valence-corrected chi connectivity index (χ4v) is 2.59. The minimum atomic E-state index is -0.501. The van der Waals surface area contributed by atoms with Gasteiger partial charge in [0.15, 0.2) is 0 Å². The van der Waals surface area contributed by atoms with Gasteiger partial charge in [-0.2, -0.15) is 0 Å². The molecule has 0 fully saturated rings. The van der Waals surface area contributed by atoms with Gasteiger partial charge in [0.2, 0.25) is 0 Å². The Morgan fingerprint density at radius 1 is 0.963 bits per heavy atom. The summed E-state index contributed by atoms with van der Waals surface area (Å²) in [6.45, 7) is 8.56. The predicted octanol–water partition coefficient (Wildman–Crippen LogP) is 3.74. The number of benzene rings is 2. The molecule has 1 amide bonds. The number of carbonyl (C=O) groups excluding carboxylic acids is 1. The molecule has 0 aliphatic rings. The standard InChI is InChI=1S/C23H30N2O2/c1-23(2,3)27-22(26)25(19-21-14-8-5-9-15-21)17-11-10-16-24-18-20-12-6-4-7-13-20/h4-15,24H,16-19H2,1-3H3/p+1. The van der Waals surface area contributed by atoms with E-state index in [4.69, 9.17) is 4.74 Å². The van der Waals surface area contributed by atoms with Crippen molar-refractivity contribution < 1.29 is 14.8 Å². The van der Waals surface area contributed by atoms with Crippen LogP contribution in [0.3, 0.4) is 0 Å². The van der Waals surface area contributed by atoms with E-state index in [-0.39, 0.29) is 6.09 Å². The van der Waals surface area contributed by atoms with Crippen molar-refractivity contribution >= 4 is 6.09 Å². The summed E-state index contributed by atoms with van der Waals surface area (Å²) in [6, 6.07) is 20.4. The van der Waals surface area contributed by atoms with Crippen LogP contribution in [0.5, 0.6) is 0 Å². The van der Waals surface area contributed by atoms with Gasteiger partial charge in [0.05, 0.1) is 6.54 Å². The normalized spacial score (nSPS) is 11.5. The summed E-state index contributed by atoms with van der Waals surface area (Å²) in [5.74, 6) is 0. The van der Waals surface area contributed by atoms with Gasteiger partial charge in [-0.1, -0.05) is 66.7 Å². The third-order valence-electron chi connectivity index (χ3n) is 3.89. The monoisotopic (exact) mass is 367 g/mol. The van der Waals surface area contributed by atoms with Crippen molar-refractivity contribution in [3.8, 4) is 0 Å². The quantitative estimate of drug-likeness (QED) is 0.571. The van der Waals surface area contributed by atoms with E-state index in [9.17, 15) is 4.79 Å². The third kappa shape index (κ3) is 8.56. The van der Waals surface area contributed by atoms with Crippen LogP contribution in [0.2, 0.25) is 0 Å². The maximum Gasteiger partial charge on any atom is 0.410 e. The van der Waals surface area contributed by atoms with Crippen LogP contribution in [0.25, 0.3) is 0 Å². The Kier molecular flexibility index (Phi) is 8.08. The number of rotatable bonds is 8. The van der Waals surface area contributed by atoms with Gasteiger partial charge in [-0.3, -0.25) is 0 Å². The Hall–Kier alpha value is -2.59.